The molecule has 28 heavy (non-hydrogen) atoms. The summed E-state index contributed by atoms with van der Waals surface area (Å²) in [4.78, 5) is 40.8. The first-order chi connectivity index (χ1) is 13.3. The van der Waals surface area contributed by atoms with Crippen molar-refractivity contribution in [3.8, 4) is 5.75 Å². The number of likely N-dealkylation sites (N-methyl/N-ethyl adjacent to an activating group) is 1. The van der Waals surface area contributed by atoms with Crippen LogP contribution in [0.5, 0.6) is 5.75 Å². The van der Waals surface area contributed by atoms with Crippen LogP contribution in [0.15, 0.2) is 16.6 Å². The molecule has 1 saturated carbocycles. The van der Waals surface area contributed by atoms with Gasteiger partial charge in [0, 0.05) is 12.1 Å². The number of anilines is 1. The molecular formula is C19H23BrClN3O4. The number of urea groups is 1. The van der Waals surface area contributed by atoms with E-state index in [0.717, 1.165) is 24.2 Å². The quantitative estimate of drug-likeness (QED) is 0.656. The lowest BCUT2D eigenvalue weighted by atomic mass is 9.81. The molecule has 1 aromatic rings. The molecule has 2 aliphatic rings. The number of ether oxygens (including phenoxy) is 1. The highest BCUT2D eigenvalue weighted by molar-refractivity contribution is 9.10. The number of carbonyl (C=O) groups excluding carboxylic acids is 3. The van der Waals surface area contributed by atoms with Crippen LogP contribution in [0.4, 0.5) is 10.5 Å². The molecular weight excluding hydrogens is 450 g/mol. The van der Waals surface area contributed by atoms with E-state index in [0.29, 0.717) is 40.4 Å². The summed E-state index contributed by atoms with van der Waals surface area (Å²) in [6.45, 7) is 1.88. The summed E-state index contributed by atoms with van der Waals surface area (Å²) < 4.78 is 6.17. The third-order valence-electron chi connectivity index (χ3n) is 5.36. The van der Waals surface area contributed by atoms with Crippen LogP contribution in [-0.2, 0) is 9.59 Å². The van der Waals surface area contributed by atoms with E-state index in [-0.39, 0.29) is 12.5 Å². The fourth-order valence-corrected chi connectivity index (χ4v) is 4.87. The van der Waals surface area contributed by atoms with Crippen molar-refractivity contribution in [3.05, 3.63) is 21.6 Å². The van der Waals surface area contributed by atoms with E-state index in [1.807, 2.05) is 6.92 Å². The minimum atomic E-state index is -0.800. The van der Waals surface area contributed by atoms with Crippen molar-refractivity contribution < 1.29 is 19.1 Å². The zero-order valence-electron chi connectivity index (χ0n) is 15.9. The second-order valence-electron chi connectivity index (χ2n) is 7.07. The standard InChI is InChI=1S/C19H23BrClN3O4/c1-3-28-16-13(20)9-12(21)10-14(16)22-15(25)11-24-17(26)19(23(2)18(24)27)7-5-4-6-8-19/h9-10H,3-8,11H2,1-2H3,(H,22,25). The number of hydrogen-bond donors (Lipinski definition) is 1. The molecule has 1 heterocycles. The average molecular weight is 473 g/mol. The van der Waals surface area contributed by atoms with Gasteiger partial charge in [0.05, 0.1) is 16.8 Å². The van der Waals surface area contributed by atoms with Gasteiger partial charge >= 0.3 is 6.03 Å². The summed E-state index contributed by atoms with van der Waals surface area (Å²) in [5, 5.41) is 3.12. The number of rotatable bonds is 5. The van der Waals surface area contributed by atoms with Crippen molar-refractivity contribution >= 4 is 51.1 Å². The molecule has 1 aromatic carbocycles. The predicted molar refractivity (Wildman–Crippen MR) is 110 cm³/mol. The lowest BCUT2D eigenvalue weighted by Crippen LogP contribution is -2.49. The number of hydrogen-bond acceptors (Lipinski definition) is 4. The van der Waals surface area contributed by atoms with Crippen LogP contribution < -0.4 is 10.1 Å². The van der Waals surface area contributed by atoms with Gasteiger partial charge < -0.3 is 15.0 Å². The molecule has 1 spiro atoms. The van der Waals surface area contributed by atoms with Crippen LogP contribution in [0.1, 0.15) is 39.0 Å². The second kappa shape index (κ2) is 8.29. The third kappa shape index (κ3) is 3.72. The summed E-state index contributed by atoms with van der Waals surface area (Å²) in [7, 11) is 1.64. The Morgan fingerprint density at radius 3 is 2.61 bits per heavy atom. The lowest BCUT2D eigenvalue weighted by molar-refractivity contribution is -0.136. The monoisotopic (exact) mass is 471 g/mol. The van der Waals surface area contributed by atoms with Gasteiger partial charge in [0.1, 0.15) is 12.1 Å². The molecule has 152 valence electrons. The highest BCUT2D eigenvalue weighted by Crippen LogP contribution is 2.40. The Morgan fingerprint density at radius 2 is 1.96 bits per heavy atom. The molecule has 0 unspecified atom stereocenters. The molecule has 0 radical (unpaired) electrons. The van der Waals surface area contributed by atoms with Crippen LogP contribution in [0.2, 0.25) is 5.02 Å². The van der Waals surface area contributed by atoms with E-state index >= 15 is 0 Å². The summed E-state index contributed by atoms with van der Waals surface area (Å²) in [6, 6.07) is 2.80. The van der Waals surface area contributed by atoms with E-state index in [9.17, 15) is 14.4 Å². The summed E-state index contributed by atoms with van der Waals surface area (Å²) >= 11 is 9.44. The fraction of sp³-hybridized carbons (Fsp3) is 0.526. The molecule has 1 N–H and O–H groups in total. The third-order valence-corrected chi connectivity index (χ3v) is 6.16. The number of carbonyl (C=O) groups is 3. The van der Waals surface area contributed by atoms with E-state index in [1.165, 1.54) is 4.90 Å². The van der Waals surface area contributed by atoms with Crippen LogP contribution in [-0.4, -0.2) is 53.4 Å². The largest absolute Gasteiger partial charge is 0.491 e. The van der Waals surface area contributed by atoms with Crippen LogP contribution in [0, 0.1) is 0 Å². The molecule has 0 bridgehead atoms. The van der Waals surface area contributed by atoms with Crippen molar-refractivity contribution in [1.29, 1.82) is 0 Å². The maximum atomic E-state index is 13.0. The summed E-state index contributed by atoms with van der Waals surface area (Å²) in [6.07, 6.45) is 4.14. The first-order valence-electron chi connectivity index (χ1n) is 9.31. The van der Waals surface area contributed by atoms with Crippen molar-refractivity contribution in [1.82, 2.24) is 9.80 Å². The maximum absolute atomic E-state index is 13.0. The highest BCUT2D eigenvalue weighted by Gasteiger charge is 2.55. The second-order valence-corrected chi connectivity index (χ2v) is 8.36. The Bertz CT molecular complexity index is 811. The fourth-order valence-electron chi connectivity index (χ4n) is 3.95. The van der Waals surface area contributed by atoms with Gasteiger partial charge in [-0.15, -0.1) is 0 Å². The van der Waals surface area contributed by atoms with Gasteiger partial charge in [0.15, 0.2) is 5.75 Å². The van der Waals surface area contributed by atoms with Gasteiger partial charge in [-0.2, -0.15) is 0 Å². The zero-order chi connectivity index (χ0) is 20.5. The Hall–Kier alpha value is -1.80. The molecule has 2 fully saturated rings. The number of benzene rings is 1. The Kier molecular flexibility index (Phi) is 6.19. The molecule has 4 amide bonds. The van der Waals surface area contributed by atoms with E-state index in [1.54, 1.807) is 19.2 Å². The van der Waals surface area contributed by atoms with Crippen LogP contribution >= 0.6 is 27.5 Å². The van der Waals surface area contributed by atoms with E-state index in [4.69, 9.17) is 16.3 Å². The minimum Gasteiger partial charge on any atom is -0.491 e. The Balaban J connectivity index is 1.77. The van der Waals surface area contributed by atoms with Gasteiger partial charge in [-0.25, -0.2) is 4.79 Å². The number of imide groups is 1. The molecule has 1 aliphatic heterocycles. The number of amides is 4. The van der Waals surface area contributed by atoms with Crippen molar-refractivity contribution in [2.24, 2.45) is 0 Å². The van der Waals surface area contributed by atoms with Crippen LogP contribution in [0.25, 0.3) is 0 Å². The Morgan fingerprint density at radius 1 is 1.29 bits per heavy atom. The van der Waals surface area contributed by atoms with Gasteiger partial charge in [0.25, 0.3) is 5.91 Å². The van der Waals surface area contributed by atoms with Gasteiger partial charge in [-0.3, -0.25) is 14.5 Å². The van der Waals surface area contributed by atoms with Crippen LogP contribution in [0.3, 0.4) is 0 Å². The normalized spacial score (nSPS) is 18.7. The van der Waals surface area contributed by atoms with E-state index < -0.39 is 17.5 Å². The predicted octanol–water partition coefficient (Wildman–Crippen LogP) is 4.04. The molecule has 1 aliphatic carbocycles. The minimum absolute atomic E-state index is 0.285. The van der Waals surface area contributed by atoms with Gasteiger partial charge in [0.2, 0.25) is 5.91 Å². The molecule has 9 heteroatoms. The molecule has 0 aromatic heterocycles. The lowest BCUT2D eigenvalue weighted by Gasteiger charge is -2.35. The SMILES string of the molecule is CCOc1c(Br)cc(Cl)cc1NC(=O)CN1C(=O)N(C)C2(CCCCC2)C1=O. The van der Waals surface area contributed by atoms with Crippen molar-refractivity contribution in [2.75, 3.05) is 25.5 Å². The molecule has 7 nitrogen and oxygen atoms in total. The summed E-state index contributed by atoms with van der Waals surface area (Å²) in [5.74, 6) is -0.328. The molecule has 3 rings (SSSR count). The number of halogens is 2. The average Bonchev–Trinajstić information content (AvgIpc) is 2.81. The smallest absolute Gasteiger partial charge is 0.327 e. The first-order valence-corrected chi connectivity index (χ1v) is 10.5. The van der Waals surface area contributed by atoms with Crippen molar-refractivity contribution in [3.63, 3.8) is 0 Å². The van der Waals surface area contributed by atoms with E-state index in [2.05, 4.69) is 21.2 Å². The first kappa shape index (κ1) is 20.9. The topological polar surface area (TPSA) is 79.0 Å². The zero-order valence-corrected chi connectivity index (χ0v) is 18.2. The number of nitrogens with zero attached hydrogens (tertiary/aromatic N) is 2. The number of nitrogens with one attached hydrogen (secondary N) is 1. The summed E-state index contributed by atoms with van der Waals surface area (Å²) in [5.41, 5.74) is -0.420. The van der Waals surface area contributed by atoms with Gasteiger partial charge in [-0.1, -0.05) is 30.9 Å². The molecule has 0 atom stereocenters. The maximum Gasteiger partial charge on any atom is 0.327 e. The highest BCUT2D eigenvalue weighted by atomic mass is 79.9. The van der Waals surface area contributed by atoms with Crippen molar-refractivity contribution in [2.45, 2.75) is 44.6 Å². The molecule has 1 saturated heterocycles. The van der Waals surface area contributed by atoms with Gasteiger partial charge in [-0.05, 0) is 47.8 Å². The Labute approximate surface area is 177 Å².